The molecule has 1 saturated heterocycles. The Bertz CT molecular complexity index is 1240. The molecule has 3 aromatic carbocycles. The zero-order chi connectivity index (χ0) is 25.4. The molecule has 0 aromatic heterocycles. The van der Waals surface area contributed by atoms with E-state index in [1.807, 2.05) is 30.3 Å². The third-order valence-electron chi connectivity index (χ3n) is 6.48. The number of piperidine rings is 1. The Morgan fingerprint density at radius 1 is 0.972 bits per heavy atom. The fourth-order valence-corrected chi connectivity index (χ4v) is 5.94. The highest BCUT2D eigenvalue weighted by Gasteiger charge is 2.31. The normalized spacial score (nSPS) is 15.2. The summed E-state index contributed by atoms with van der Waals surface area (Å²) in [5.74, 6) is 0.365. The number of hydrogen-bond acceptors (Lipinski definition) is 7. The number of rotatable bonds is 10. The summed E-state index contributed by atoms with van der Waals surface area (Å²) in [4.78, 5) is 13.6. The van der Waals surface area contributed by atoms with Crippen LogP contribution in [-0.4, -0.2) is 40.6 Å². The van der Waals surface area contributed by atoms with Crippen LogP contribution in [0, 0.1) is 5.92 Å². The zero-order valence-electron chi connectivity index (χ0n) is 20.4. The summed E-state index contributed by atoms with van der Waals surface area (Å²) in [6.07, 6.45) is 1.67. The SMILES string of the molecule is COc1ccc(S(=O)(=O)c2ccccc2CN[C@@H](C(=O)OCc2ccccc2)C2CCNCC2)cc1. The van der Waals surface area contributed by atoms with Crippen LogP contribution < -0.4 is 15.4 Å². The van der Waals surface area contributed by atoms with Crippen molar-refractivity contribution < 1.29 is 22.7 Å². The zero-order valence-corrected chi connectivity index (χ0v) is 21.2. The molecule has 0 aliphatic carbocycles. The Morgan fingerprint density at radius 2 is 1.64 bits per heavy atom. The van der Waals surface area contributed by atoms with Crippen LogP contribution in [0.4, 0.5) is 0 Å². The molecule has 0 amide bonds. The number of sulfone groups is 1. The van der Waals surface area contributed by atoms with Crippen molar-refractivity contribution in [3.05, 3.63) is 90.0 Å². The molecule has 0 spiro atoms. The van der Waals surface area contributed by atoms with Gasteiger partial charge < -0.3 is 20.1 Å². The average molecular weight is 509 g/mol. The minimum absolute atomic E-state index is 0.0971. The summed E-state index contributed by atoms with van der Waals surface area (Å²) in [5.41, 5.74) is 1.52. The molecule has 8 heteroatoms. The third-order valence-corrected chi connectivity index (χ3v) is 8.35. The standard InChI is InChI=1S/C28H32N2O5S/c1-34-24-11-13-25(14-12-24)36(32,33)26-10-6-5-9-23(26)19-30-27(22-15-17-29-18-16-22)28(31)35-20-21-7-3-2-4-8-21/h2-14,22,27,29-30H,15-20H2,1H3/t27-/m1/s1. The largest absolute Gasteiger partial charge is 0.497 e. The number of nitrogens with one attached hydrogen (secondary N) is 2. The van der Waals surface area contributed by atoms with Crippen molar-refractivity contribution in [3.8, 4) is 5.75 Å². The van der Waals surface area contributed by atoms with Crippen LogP contribution in [0.2, 0.25) is 0 Å². The van der Waals surface area contributed by atoms with Crippen LogP contribution in [0.15, 0.2) is 88.7 Å². The van der Waals surface area contributed by atoms with Gasteiger partial charge in [-0.1, -0.05) is 48.5 Å². The fourth-order valence-electron chi connectivity index (χ4n) is 4.45. The van der Waals surface area contributed by atoms with Gasteiger partial charge in [-0.25, -0.2) is 8.42 Å². The summed E-state index contributed by atoms with van der Waals surface area (Å²) in [6.45, 7) is 2.08. The van der Waals surface area contributed by atoms with Crippen molar-refractivity contribution in [2.75, 3.05) is 20.2 Å². The lowest BCUT2D eigenvalue weighted by atomic mass is 9.90. The highest BCUT2D eigenvalue weighted by molar-refractivity contribution is 7.91. The Hall–Kier alpha value is -3.20. The second kappa shape index (κ2) is 12.2. The topological polar surface area (TPSA) is 93.7 Å². The van der Waals surface area contributed by atoms with Crippen molar-refractivity contribution in [2.45, 2.75) is 41.8 Å². The van der Waals surface area contributed by atoms with Gasteiger partial charge >= 0.3 is 5.97 Å². The lowest BCUT2D eigenvalue weighted by molar-refractivity contribution is -0.149. The predicted molar refractivity (Wildman–Crippen MR) is 137 cm³/mol. The summed E-state index contributed by atoms with van der Waals surface area (Å²) >= 11 is 0. The Labute approximate surface area is 212 Å². The predicted octanol–water partition coefficient (Wildman–Crippen LogP) is 3.73. The van der Waals surface area contributed by atoms with Crippen molar-refractivity contribution in [1.29, 1.82) is 0 Å². The van der Waals surface area contributed by atoms with E-state index in [0.717, 1.165) is 31.5 Å². The van der Waals surface area contributed by atoms with E-state index >= 15 is 0 Å². The molecular weight excluding hydrogens is 476 g/mol. The van der Waals surface area contributed by atoms with Crippen molar-refractivity contribution >= 4 is 15.8 Å². The maximum absolute atomic E-state index is 13.4. The first-order chi connectivity index (χ1) is 17.5. The first kappa shape index (κ1) is 25.9. The number of carbonyl (C=O) groups excluding carboxylic acids is 1. The van der Waals surface area contributed by atoms with E-state index in [-0.39, 0.29) is 34.8 Å². The van der Waals surface area contributed by atoms with E-state index in [2.05, 4.69) is 10.6 Å². The molecule has 1 aliphatic heterocycles. The highest BCUT2D eigenvalue weighted by Crippen LogP contribution is 2.26. The van der Waals surface area contributed by atoms with E-state index in [4.69, 9.17) is 9.47 Å². The van der Waals surface area contributed by atoms with E-state index in [0.29, 0.717) is 11.3 Å². The van der Waals surface area contributed by atoms with Gasteiger partial charge in [-0.05, 0) is 73.3 Å². The summed E-state index contributed by atoms with van der Waals surface area (Å²) < 4.78 is 37.7. The highest BCUT2D eigenvalue weighted by atomic mass is 32.2. The molecule has 0 unspecified atom stereocenters. The van der Waals surface area contributed by atoms with Crippen LogP contribution in [0.1, 0.15) is 24.0 Å². The lowest BCUT2D eigenvalue weighted by Crippen LogP contribution is -2.47. The Balaban J connectivity index is 1.52. The molecule has 36 heavy (non-hydrogen) atoms. The van der Waals surface area contributed by atoms with Crippen molar-refractivity contribution in [3.63, 3.8) is 0 Å². The van der Waals surface area contributed by atoms with Gasteiger partial charge in [0.1, 0.15) is 18.4 Å². The molecule has 4 rings (SSSR count). The van der Waals surface area contributed by atoms with Gasteiger partial charge in [0.25, 0.3) is 0 Å². The summed E-state index contributed by atoms with van der Waals surface area (Å²) in [7, 11) is -2.22. The van der Waals surface area contributed by atoms with Gasteiger partial charge in [0.05, 0.1) is 16.9 Å². The lowest BCUT2D eigenvalue weighted by Gasteiger charge is -2.30. The fraction of sp³-hybridized carbons (Fsp3) is 0.321. The molecular formula is C28H32N2O5S. The van der Waals surface area contributed by atoms with Crippen LogP contribution in [0.25, 0.3) is 0 Å². The van der Waals surface area contributed by atoms with Crippen LogP contribution in [0.3, 0.4) is 0 Å². The van der Waals surface area contributed by atoms with E-state index in [9.17, 15) is 13.2 Å². The minimum Gasteiger partial charge on any atom is -0.497 e. The summed E-state index contributed by atoms with van der Waals surface area (Å²) in [5, 5.41) is 6.66. The number of methoxy groups -OCH3 is 1. The smallest absolute Gasteiger partial charge is 0.323 e. The van der Waals surface area contributed by atoms with Crippen molar-refractivity contribution in [1.82, 2.24) is 10.6 Å². The summed E-state index contributed by atoms with van der Waals surface area (Å²) in [6, 6.07) is 22.3. The van der Waals surface area contributed by atoms with Gasteiger partial charge in [-0.15, -0.1) is 0 Å². The molecule has 1 atom stereocenters. The van der Waals surface area contributed by atoms with Crippen molar-refractivity contribution in [2.24, 2.45) is 5.92 Å². The van der Waals surface area contributed by atoms with E-state index in [1.165, 1.54) is 19.2 Å². The van der Waals surface area contributed by atoms with Crippen LogP contribution >= 0.6 is 0 Å². The van der Waals surface area contributed by atoms with Crippen LogP contribution in [-0.2, 0) is 32.5 Å². The quantitative estimate of drug-likeness (QED) is 0.403. The average Bonchev–Trinajstić information content (AvgIpc) is 2.93. The molecule has 0 radical (unpaired) electrons. The maximum atomic E-state index is 13.4. The van der Waals surface area contributed by atoms with E-state index < -0.39 is 15.9 Å². The molecule has 2 N–H and O–H groups in total. The minimum atomic E-state index is -3.76. The van der Waals surface area contributed by atoms with Crippen LogP contribution in [0.5, 0.6) is 5.75 Å². The number of hydrogen-bond donors (Lipinski definition) is 2. The first-order valence-electron chi connectivity index (χ1n) is 12.1. The maximum Gasteiger partial charge on any atom is 0.323 e. The number of ether oxygens (including phenoxy) is 2. The number of benzene rings is 3. The number of carbonyl (C=O) groups is 1. The molecule has 1 heterocycles. The second-order valence-electron chi connectivity index (χ2n) is 8.83. The van der Waals surface area contributed by atoms with Gasteiger partial charge in [0.15, 0.2) is 0 Å². The monoisotopic (exact) mass is 508 g/mol. The molecule has 3 aromatic rings. The van der Waals surface area contributed by atoms with Gasteiger partial charge in [0.2, 0.25) is 9.84 Å². The third kappa shape index (κ3) is 6.32. The molecule has 7 nitrogen and oxygen atoms in total. The van der Waals surface area contributed by atoms with Gasteiger partial charge in [-0.3, -0.25) is 4.79 Å². The second-order valence-corrected chi connectivity index (χ2v) is 10.7. The first-order valence-corrected chi connectivity index (χ1v) is 13.6. The molecule has 0 saturated carbocycles. The molecule has 1 aliphatic rings. The molecule has 0 bridgehead atoms. The Kier molecular flexibility index (Phi) is 8.74. The molecule has 190 valence electrons. The Morgan fingerprint density at radius 3 is 2.33 bits per heavy atom. The molecule has 1 fully saturated rings. The number of esters is 1. The van der Waals surface area contributed by atoms with E-state index in [1.54, 1.807) is 36.4 Å². The van der Waals surface area contributed by atoms with Gasteiger partial charge in [-0.2, -0.15) is 0 Å². The van der Waals surface area contributed by atoms with Gasteiger partial charge in [0, 0.05) is 6.54 Å².